The molecular weight excluding hydrogens is 314 g/mol. The molecule has 0 aliphatic carbocycles. The summed E-state index contributed by atoms with van der Waals surface area (Å²) in [6.07, 6.45) is 3.41. The number of rotatable bonds is 3. The molecule has 0 unspecified atom stereocenters. The molecule has 2 aromatic rings. The van der Waals surface area contributed by atoms with E-state index in [0.29, 0.717) is 31.1 Å². The summed E-state index contributed by atoms with van der Waals surface area (Å²) >= 11 is 0. The van der Waals surface area contributed by atoms with Crippen LogP contribution in [0.5, 0.6) is 0 Å². The van der Waals surface area contributed by atoms with Gasteiger partial charge in [-0.1, -0.05) is 6.08 Å². The highest BCUT2D eigenvalue weighted by molar-refractivity contribution is 6.04. The second-order valence-electron chi connectivity index (χ2n) is 5.29. The monoisotopic (exact) mass is 330 g/mol. The predicted molar refractivity (Wildman–Crippen MR) is 89.4 cm³/mol. The first kappa shape index (κ1) is 15.9. The summed E-state index contributed by atoms with van der Waals surface area (Å²) in [6, 6.07) is 6.03. The summed E-state index contributed by atoms with van der Waals surface area (Å²) in [7, 11) is 0. The van der Waals surface area contributed by atoms with Crippen LogP contribution in [0.2, 0.25) is 0 Å². The van der Waals surface area contributed by atoms with Crippen molar-refractivity contribution in [2.75, 3.05) is 34.8 Å². The second-order valence-corrected chi connectivity index (χ2v) is 5.29. The third-order valence-electron chi connectivity index (χ3n) is 3.72. The van der Waals surface area contributed by atoms with Crippen LogP contribution < -0.4 is 15.1 Å². The van der Waals surface area contributed by atoms with Crippen LogP contribution in [0.4, 0.5) is 30.8 Å². The number of carbonyl (C=O) groups is 1. The molecule has 2 heterocycles. The average Bonchev–Trinajstić information content (AvgIpc) is 2.58. The third-order valence-corrected chi connectivity index (χ3v) is 3.72. The Kier molecular flexibility index (Phi) is 4.41. The average molecular weight is 330 g/mol. The maximum absolute atomic E-state index is 13.7. The molecule has 7 heteroatoms. The largest absolute Gasteiger partial charge is 0.349 e. The van der Waals surface area contributed by atoms with Crippen molar-refractivity contribution in [3.05, 3.63) is 60.8 Å². The number of hydrogen-bond acceptors (Lipinski definition) is 3. The number of benzene rings is 1. The van der Waals surface area contributed by atoms with Gasteiger partial charge < -0.3 is 10.2 Å². The molecule has 5 nitrogen and oxygen atoms in total. The molecule has 1 aliphatic heterocycles. The van der Waals surface area contributed by atoms with E-state index >= 15 is 0 Å². The van der Waals surface area contributed by atoms with Crippen molar-refractivity contribution in [2.24, 2.45) is 0 Å². The van der Waals surface area contributed by atoms with Crippen LogP contribution in [0.1, 0.15) is 0 Å². The molecule has 0 atom stereocenters. The fourth-order valence-electron chi connectivity index (χ4n) is 2.61. The highest BCUT2D eigenvalue weighted by Gasteiger charge is 2.27. The lowest BCUT2D eigenvalue weighted by Crippen LogP contribution is -2.46. The third kappa shape index (κ3) is 3.05. The Morgan fingerprint density at radius 2 is 2.17 bits per heavy atom. The van der Waals surface area contributed by atoms with Gasteiger partial charge >= 0.3 is 6.03 Å². The quantitative estimate of drug-likeness (QED) is 0.878. The number of urea groups is 1. The fourth-order valence-corrected chi connectivity index (χ4v) is 2.61. The standard InChI is InChI=1S/C17H16F2N4O/c1-2-8-22-9-10-23(15-4-3-7-20-16(15)22)17(24)21-14-6-5-12(18)11-13(14)19/h2-7,11H,1,8-10H2,(H,21,24). The predicted octanol–water partition coefficient (Wildman–Crippen LogP) is 3.40. The molecule has 0 spiro atoms. The summed E-state index contributed by atoms with van der Waals surface area (Å²) in [6.45, 7) is 5.33. The van der Waals surface area contributed by atoms with Crippen molar-refractivity contribution >= 4 is 23.2 Å². The zero-order valence-corrected chi connectivity index (χ0v) is 12.9. The van der Waals surface area contributed by atoms with E-state index in [9.17, 15) is 13.6 Å². The topological polar surface area (TPSA) is 48.5 Å². The summed E-state index contributed by atoms with van der Waals surface area (Å²) < 4.78 is 26.7. The van der Waals surface area contributed by atoms with Crippen molar-refractivity contribution in [1.29, 1.82) is 0 Å². The number of fused-ring (bicyclic) bond motifs is 1. The maximum atomic E-state index is 13.7. The molecule has 1 N–H and O–H groups in total. The molecule has 1 aromatic heterocycles. The Balaban J connectivity index is 1.85. The van der Waals surface area contributed by atoms with Crippen LogP contribution >= 0.6 is 0 Å². The molecule has 3 rings (SSSR count). The van der Waals surface area contributed by atoms with E-state index in [1.54, 1.807) is 24.4 Å². The van der Waals surface area contributed by atoms with E-state index in [4.69, 9.17) is 0 Å². The van der Waals surface area contributed by atoms with Gasteiger partial charge in [0.05, 0.1) is 11.4 Å². The lowest BCUT2D eigenvalue weighted by Gasteiger charge is -2.36. The van der Waals surface area contributed by atoms with Crippen molar-refractivity contribution in [2.45, 2.75) is 0 Å². The summed E-state index contributed by atoms with van der Waals surface area (Å²) in [5, 5.41) is 2.47. The van der Waals surface area contributed by atoms with Crippen LogP contribution in [0.15, 0.2) is 49.2 Å². The van der Waals surface area contributed by atoms with Gasteiger partial charge in [-0.2, -0.15) is 0 Å². The van der Waals surface area contributed by atoms with E-state index in [0.717, 1.165) is 12.1 Å². The minimum absolute atomic E-state index is 0.0691. The van der Waals surface area contributed by atoms with Gasteiger partial charge in [-0.15, -0.1) is 6.58 Å². The number of amides is 2. The van der Waals surface area contributed by atoms with Gasteiger partial charge in [0.25, 0.3) is 0 Å². The van der Waals surface area contributed by atoms with Crippen molar-refractivity contribution in [3.8, 4) is 0 Å². The van der Waals surface area contributed by atoms with E-state index in [1.165, 1.54) is 11.0 Å². The molecule has 24 heavy (non-hydrogen) atoms. The molecule has 1 aliphatic rings. The van der Waals surface area contributed by atoms with E-state index in [-0.39, 0.29) is 5.69 Å². The van der Waals surface area contributed by atoms with Crippen LogP contribution in [0.3, 0.4) is 0 Å². The van der Waals surface area contributed by atoms with Crippen molar-refractivity contribution < 1.29 is 13.6 Å². The summed E-state index contributed by atoms with van der Waals surface area (Å²) in [5.74, 6) is -0.850. The highest BCUT2D eigenvalue weighted by Crippen LogP contribution is 2.31. The Labute approximate surface area is 138 Å². The van der Waals surface area contributed by atoms with Crippen LogP contribution in [-0.2, 0) is 0 Å². The Morgan fingerprint density at radius 3 is 2.92 bits per heavy atom. The Hall–Kier alpha value is -2.96. The van der Waals surface area contributed by atoms with Gasteiger partial charge in [-0.3, -0.25) is 4.90 Å². The normalized spacial score (nSPS) is 13.4. The molecule has 0 saturated heterocycles. The molecule has 0 bridgehead atoms. The Bertz CT molecular complexity index is 781. The van der Waals surface area contributed by atoms with Gasteiger partial charge in [-0.05, 0) is 24.3 Å². The van der Waals surface area contributed by atoms with Gasteiger partial charge in [0.1, 0.15) is 11.6 Å². The SMILES string of the molecule is C=CCN1CCN(C(=O)Nc2ccc(F)cc2F)c2cccnc21. The Morgan fingerprint density at radius 1 is 1.33 bits per heavy atom. The second kappa shape index (κ2) is 6.66. The molecule has 1 aromatic carbocycles. The van der Waals surface area contributed by atoms with Gasteiger partial charge in [-0.25, -0.2) is 18.6 Å². The number of carbonyl (C=O) groups excluding carboxylic acids is 1. The number of aromatic nitrogens is 1. The summed E-state index contributed by atoms with van der Waals surface area (Å²) in [4.78, 5) is 20.3. The van der Waals surface area contributed by atoms with Crippen molar-refractivity contribution in [3.63, 3.8) is 0 Å². The van der Waals surface area contributed by atoms with E-state index in [1.807, 2.05) is 4.90 Å². The number of nitrogens with one attached hydrogen (secondary N) is 1. The molecular formula is C17H16F2N4O. The lowest BCUT2D eigenvalue weighted by atomic mass is 10.2. The smallest absolute Gasteiger partial charge is 0.326 e. The molecule has 0 saturated carbocycles. The highest BCUT2D eigenvalue weighted by atomic mass is 19.1. The minimum atomic E-state index is -0.819. The van der Waals surface area contributed by atoms with E-state index in [2.05, 4.69) is 16.9 Å². The lowest BCUT2D eigenvalue weighted by molar-refractivity contribution is 0.256. The minimum Gasteiger partial charge on any atom is -0.349 e. The first-order valence-corrected chi connectivity index (χ1v) is 7.44. The van der Waals surface area contributed by atoms with Gasteiger partial charge in [0.15, 0.2) is 5.82 Å². The molecule has 0 fully saturated rings. The number of nitrogens with zero attached hydrogens (tertiary/aromatic N) is 3. The number of pyridine rings is 1. The van der Waals surface area contributed by atoms with E-state index < -0.39 is 17.7 Å². The number of hydrogen-bond donors (Lipinski definition) is 1. The number of halogens is 2. The van der Waals surface area contributed by atoms with Crippen LogP contribution in [-0.4, -0.2) is 30.6 Å². The summed E-state index contributed by atoms with van der Waals surface area (Å²) in [5.41, 5.74) is 0.561. The maximum Gasteiger partial charge on any atom is 0.326 e. The first-order chi connectivity index (χ1) is 11.6. The fraction of sp³-hybridized carbons (Fsp3) is 0.176. The zero-order valence-electron chi connectivity index (χ0n) is 12.9. The molecule has 2 amide bonds. The van der Waals surface area contributed by atoms with Crippen molar-refractivity contribution in [1.82, 2.24) is 4.98 Å². The number of anilines is 3. The first-order valence-electron chi connectivity index (χ1n) is 7.44. The molecule has 0 radical (unpaired) electrons. The van der Waals surface area contributed by atoms with Gasteiger partial charge in [0, 0.05) is 31.9 Å². The van der Waals surface area contributed by atoms with Gasteiger partial charge in [0.2, 0.25) is 0 Å². The van der Waals surface area contributed by atoms with Crippen LogP contribution in [0.25, 0.3) is 0 Å². The van der Waals surface area contributed by atoms with Crippen LogP contribution in [0, 0.1) is 11.6 Å². The zero-order chi connectivity index (χ0) is 17.1. The molecule has 124 valence electrons.